The zero-order valence-electron chi connectivity index (χ0n) is 10.6. The smallest absolute Gasteiger partial charge is 0.128 e. The summed E-state index contributed by atoms with van der Waals surface area (Å²) in [4.78, 5) is 4.47. The second kappa shape index (κ2) is 3.95. The van der Waals surface area contributed by atoms with E-state index in [2.05, 4.69) is 16.5 Å². The monoisotopic (exact) mass is 266 g/mol. The Morgan fingerprint density at radius 3 is 2.72 bits per heavy atom. The Morgan fingerprint density at radius 2 is 2.17 bits per heavy atom. The lowest BCUT2D eigenvalue weighted by Gasteiger charge is -2.41. The van der Waals surface area contributed by atoms with Crippen LogP contribution in [-0.2, 0) is 11.4 Å². The lowest BCUT2D eigenvalue weighted by Crippen LogP contribution is -2.38. The fourth-order valence-corrected chi connectivity index (χ4v) is 3.04. The zero-order valence-corrected chi connectivity index (χ0v) is 11.4. The number of aromatic nitrogens is 2. The van der Waals surface area contributed by atoms with E-state index >= 15 is 0 Å². The summed E-state index contributed by atoms with van der Waals surface area (Å²) < 4.78 is 15.8. The fourth-order valence-electron chi connectivity index (χ4n) is 2.86. The number of aryl methyl sites for hydroxylation is 1. The number of rotatable bonds is 2. The lowest BCUT2D eigenvalue weighted by atomic mass is 9.78. The van der Waals surface area contributed by atoms with Crippen molar-refractivity contribution in [3.63, 3.8) is 0 Å². The third-order valence-corrected chi connectivity index (χ3v) is 4.33. The lowest BCUT2D eigenvalue weighted by molar-refractivity contribution is 0.171. The second-order valence-corrected chi connectivity index (χ2v) is 5.70. The molecule has 0 atom stereocenters. The average molecular weight is 267 g/mol. The Hall–Kier alpha value is -1.09. The molecule has 0 radical (unpaired) electrons. The van der Waals surface area contributed by atoms with Crippen molar-refractivity contribution in [1.29, 1.82) is 0 Å². The highest BCUT2D eigenvalue weighted by atomic mass is 35.5. The van der Waals surface area contributed by atoms with Gasteiger partial charge in [0, 0.05) is 11.6 Å². The van der Waals surface area contributed by atoms with Gasteiger partial charge in [0.1, 0.15) is 11.6 Å². The van der Waals surface area contributed by atoms with Crippen LogP contribution in [0, 0.1) is 12.7 Å². The first-order valence-corrected chi connectivity index (χ1v) is 6.82. The summed E-state index contributed by atoms with van der Waals surface area (Å²) in [6.07, 6.45) is 3.51. The molecule has 1 heterocycles. The summed E-state index contributed by atoms with van der Waals surface area (Å²) >= 11 is 5.99. The molecule has 0 spiro atoms. The van der Waals surface area contributed by atoms with Crippen LogP contribution in [-0.4, -0.2) is 9.55 Å². The molecule has 4 heteroatoms. The molecule has 1 fully saturated rings. The van der Waals surface area contributed by atoms with Crippen LogP contribution in [0.4, 0.5) is 4.39 Å². The maximum Gasteiger partial charge on any atom is 0.128 e. The van der Waals surface area contributed by atoms with E-state index in [1.165, 1.54) is 12.5 Å². The summed E-state index contributed by atoms with van der Waals surface area (Å²) in [6, 6.07) is 3.40. The van der Waals surface area contributed by atoms with Crippen molar-refractivity contribution in [2.24, 2.45) is 0 Å². The van der Waals surface area contributed by atoms with Crippen LogP contribution in [0.3, 0.4) is 0 Å². The molecule has 0 unspecified atom stereocenters. The molecule has 1 saturated carbocycles. The maximum atomic E-state index is 13.6. The third-order valence-electron chi connectivity index (χ3n) is 4.09. The van der Waals surface area contributed by atoms with E-state index in [4.69, 9.17) is 11.6 Å². The Morgan fingerprint density at radius 1 is 1.44 bits per heavy atom. The predicted octanol–water partition coefficient (Wildman–Crippen LogP) is 4.12. The van der Waals surface area contributed by atoms with Gasteiger partial charge in [-0.2, -0.15) is 0 Å². The molecule has 2 nitrogen and oxygen atoms in total. The third kappa shape index (κ3) is 1.57. The molecule has 1 aliphatic carbocycles. The first-order chi connectivity index (χ1) is 8.55. The summed E-state index contributed by atoms with van der Waals surface area (Å²) in [5.74, 6) is 1.01. The quantitative estimate of drug-likeness (QED) is 0.748. The van der Waals surface area contributed by atoms with Gasteiger partial charge in [0.2, 0.25) is 0 Å². The van der Waals surface area contributed by atoms with Crippen LogP contribution in [0.15, 0.2) is 12.1 Å². The molecule has 96 valence electrons. The molecule has 0 bridgehead atoms. The standard InChI is InChI=1S/C14H16ClFN2/c1-9-6-12-11(7-10(9)16)17-13(8-15)18(12)14(2)4-3-5-14/h6-7H,3-5,8H2,1-2H3. The van der Waals surface area contributed by atoms with E-state index in [1.54, 1.807) is 6.92 Å². The van der Waals surface area contributed by atoms with E-state index < -0.39 is 0 Å². The molecule has 1 aromatic heterocycles. The highest BCUT2D eigenvalue weighted by Crippen LogP contribution is 2.42. The van der Waals surface area contributed by atoms with Crippen molar-refractivity contribution in [2.75, 3.05) is 0 Å². The van der Waals surface area contributed by atoms with Gasteiger partial charge in [-0.3, -0.25) is 0 Å². The van der Waals surface area contributed by atoms with Crippen LogP contribution in [0.2, 0.25) is 0 Å². The molecule has 0 amide bonds. The number of fused-ring (bicyclic) bond motifs is 1. The first kappa shape index (κ1) is 12.0. The molecule has 1 aliphatic rings. The Balaban J connectivity index is 2.30. The van der Waals surface area contributed by atoms with Crippen molar-refractivity contribution >= 4 is 22.6 Å². The van der Waals surface area contributed by atoms with Crippen LogP contribution < -0.4 is 0 Å². The van der Waals surface area contributed by atoms with Gasteiger partial charge in [-0.05, 0) is 44.7 Å². The van der Waals surface area contributed by atoms with Gasteiger partial charge in [-0.1, -0.05) is 0 Å². The summed E-state index contributed by atoms with van der Waals surface area (Å²) in [7, 11) is 0. The number of hydrogen-bond donors (Lipinski definition) is 0. The minimum absolute atomic E-state index is 0.100. The van der Waals surface area contributed by atoms with Crippen molar-refractivity contribution in [3.05, 3.63) is 29.3 Å². The Labute approximate surface area is 111 Å². The first-order valence-electron chi connectivity index (χ1n) is 6.29. The van der Waals surface area contributed by atoms with Crippen LogP contribution in [0.5, 0.6) is 0 Å². The van der Waals surface area contributed by atoms with Gasteiger partial charge in [0.05, 0.1) is 16.9 Å². The molecule has 2 aromatic rings. The SMILES string of the molecule is Cc1cc2c(cc1F)nc(CCl)n2C1(C)CCC1. The summed E-state index contributed by atoms with van der Waals surface area (Å²) in [5, 5.41) is 0. The van der Waals surface area contributed by atoms with E-state index in [-0.39, 0.29) is 11.4 Å². The molecule has 3 rings (SSSR count). The number of imidazole rings is 1. The van der Waals surface area contributed by atoms with Crippen LogP contribution in [0.1, 0.15) is 37.6 Å². The highest BCUT2D eigenvalue weighted by molar-refractivity contribution is 6.16. The molecule has 0 saturated heterocycles. The van der Waals surface area contributed by atoms with Gasteiger partial charge in [-0.25, -0.2) is 9.37 Å². The summed E-state index contributed by atoms with van der Waals surface area (Å²) in [6.45, 7) is 4.02. The largest absolute Gasteiger partial charge is 0.321 e. The summed E-state index contributed by atoms with van der Waals surface area (Å²) in [5.41, 5.74) is 2.48. The normalized spacial score (nSPS) is 18.0. The van der Waals surface area contributed by atoms with Crippen molar-refractivity contribution in [3.8, 4) is 0 Å². The van der Waals surface area contributed by atoms with E-state index in [0.717, 1.165) is 24.2 Å². The van der Waals surface area contributed by atoms with Crippen molar-refractivity contribution in [2.45, 2.75) is 44.5 Å². The zero-order chi connectivity index (χ0) is 12.9. The number of hydrogen-bond acceptors (Lipinski definition) is 1. The fraction of sp³-hybridized carbons (Fsp3) is 0.500. The minimum Gasteiger partial charge on any atom is -0.321 e. The van der Waals surface area contributed by atoms with Gasteiger partial charge in [-0.15, -0.1) is 11.6 Å². The minimum atomic E-state index is -0.202. The second-order valence-electron chi connectivity index (χ2n) is 5.44. The Bertz CT molecular complexity index is 614. The topological polar surface area (TPSA) is 17.8 Å². The van der Waals surface area contributed by atoms with Crippen molar-refractivity contribution < 1.29 is 4.39 Å². The van der Waals surface area contributed by atoms with E-state index in [0.29, 0.717) is 17.0 Å². The maximum absolute atomic E-state index is 13.6. The van der Waals surface area contributed by atoms with Gasteiger partial charge in [0.15, 0.2) is 0 Å². The average Bonchev–Trinajstić information content (AvgIpc) is 2.65. The number of nitrogens with zero attached hydrogens (tertiary/aromatic N) is 2. The van der Waals surface area contributed by atoms with Crippen LogP contribution in [0.25, 0.3) is 11.0 Å². The Kier molecular flexibility index (Phi) is 2.63. The highest BCUT2D eigenvalue weighted by Gasteiger charge is 2.36. The molecule has 0 aliphatic heterocycles. The number of benzene rings is 1. The number of alkyl halides is 1. The van der Waals surface area contributed by atoms with Crippen LogP contribution >= 0.6 is 11.6 Å². The van der Waals surface area contributed by atoms with Gasteiger partial charge in [0.25, 0.3) is 0 Å². The van der Waals surface area contributed by atoms with Gasteiger partial charge >= 0.3 is 0 Å². The van der Waals surface area contributed by atoms with E-state index in [1.807, 2.05) is 6.07 Å². The molecule has 18 heavy (non-hydrogen) atoms. The number of halogens is 2. The molecule has 0 N–H and O–H groups in total. The molecular formula is C14H16ClFN2. The molecule has 1 aromatic carbocycles. The molecular weight excluding hydrogens is 251 g/mol. The van der Waals surface area contributed by atoms with Crippen molar-refractivity contribution in [1.82, 2.24) is 9.55 Å². The van der Waals surface area contributed by atoms with E-state index in [9.17, 15) is 4.39 Å². The van der Waals surface area contributed by atoms with Gasteiger partial charge < -0.3 is 4.57 Å². The predicted molar refractivity (Wildman–Crippen MR) is 71.5 cm³/mol.